The predicted octanol–water partition coefficient (Wildman–Crippen LogP) is 0.658. The molecular weight excluding hydrogens is 338 g/mol. The van der Waals surface area contributed by atoms with Crippen molar-refractivity contribution in [3.05, 3.63) is 28.7 Å². The zero-order valence-corrected chi connectivity index (χ0v) is 12.1. The molecule has 0 aromatic heterocycles. The fraction of sp³-hybridized carbons (Fsp3) is 0.364. The van der Waals surface area contributed by atoms with Gasteiger partial charge in [0.05, 0.1) is 11.0 Å². The van der Waals surface area contributed by atoms with E-state index >= 15 is 0 Å². The number of sulfonamides is 1. The monoisotopic (exact) mass is 349 g/mol. The van der Waals surface area contributed by atoms with Crippen LogP contribution in [0.1, 0.15) is 6.42 Å². The largest absolute Gasteiger partial charge is 0.480 e. The Kier molecular flexibility index (Phi) is 3.95. The van der Waals surface area contributed by atoms with Crippen LogP contribution in [0, 0.1) is 0 Å². The Labute approximate surface area is 118 Å². The summed E-state index contributed by atoms with van der Waals surface area (Å²) in [5.74, 6) is -1.25. The number of benzene rings is 1. The molecule has 0 spiro atoms. The van der Waals surface area contributed by atoms with Crippen LogP contribution in [0.25, 0.3) is 0 Å². The second-order valence-electron chi connectivity index (χ2n) is 4.28. The van der Waals surface area contributed by atoms with Crippen LogP contribution in [0.15, 0.2) is 33.6 Å². The maximum Gasteiger partial charge on any atom is 0.322 e. The van der Waals surface area contributed by atoms with Gasteiger partial charge in [-0.2, -0.15) is 4.31 Å². The summed E-state index contributed by atoms with van der Waals surface area (Å²) in [6, 6.07) is 4.80. The Balaban J connectivity index is 2.41. The number of carboxylic acids is 1. The summed E-state index contributed by atoms with van der Waals surface area (Å²) in [5, 5.41) is 18.5. The third-order valence-corrected chi connectivity index (χ3v) is 5.29. The molecule has 0 saturated carbocycles. The van der Waals surface area contributed by atoms with E-state index < -0.39 is 28.1 Å². The van der Waals surface area contributed by atoms with Crippen molar-refractivity contribution < 1.29 is 23.4 Å². The number of aliphatic hydroxyl groups excluding tert-OH is 1. The quantitative estimate of drug-likeness (QED) is 0.835. The molecule has 1 fully saturated rings. The van der Waals surface area contributed by atoms with Crippen LogP contribution in [-0.4, -0.2) is 47.6 Å². The summed E-state index contributed by atoms with van der Waals surface area (Å²) in [7, 11) is -3.93. The lowest BCUT2D eigenvalue weighted by molar-refractivity contribution is -0.140. The third kappa shape index (κ3) is 2.81. The van der Waals surface area contributed by atoms with Gasteiger partial charge in [-0.05, 0) is 18.2 Å². The second kappa shape index (κ2) is 5.20. The molecular formula is C11H12BrNO5S. The average Bonchev–Trinajstić information content (AvgIpc) is 2.72. The number of hydrogen-bond donors (Lipinski definition) is 2. The first kappa shape index (κ1) is 14.4. The number of rotatable bonds is 3. The average molecular weight is 350 g/mol. The molecule has 6 nitrogen and oxygen atoms in total. The van der Waals surface area contributed by atoms with E-state index in [4.69, 9.17) is 5.11 Å². The van der Waals surface area contributed by atoms with Crippen LogP contribution in [0.4, 0.5) is 0 Å². The van der Waals surface area contributed by atoms with Crippen molar-refractivity contribution in [1.29, 1.82) is 0 Å². The van der Waals surface area contributed by atoms with Gasteiger partial charge in [-0.25, -0.2) is 8.42 Å². The van der Waals surface area contributed by atoms with Crippen molar-refractivity contribution in [1.82, 2.24) is 4.31 Å². The normalized spacial score (nSPS) is 24.5. The number of β-amino-alcohol motifs (C(OH)–C–C–N with tert-alkyl or cyclic N) is 1. The molecule has 1 heterocycles. The maximum atomic E-state index is 12.4. The number of carbonyl (C=O) groups is 1. The second-order valence-corrected chi connectivity index (χ2v) is 7.08. The van der Waals surface area contributed by atoms with Crippen LogP contribution in [0.5, 0.6) is 0 Å². The summed E-state index contributed by atoms with van der Waals surface area (Å²) in [6.45, 7) is -0.203. The van der Waals surface area contributed by atoms with Crippen LogP contribution < -0.4 is 0 Å². The van der Waals surface area contributed by atoms with E-state index in [0.29, 0.717) is 4.47 Å². The molecule has 0 aliphatic carbocycles. The molecule has 0 amide bonds. The van der Waals surface area contributed by atoms with Crippen LogP contribution >= 0.6 is 15.9 Å². The van der Waals surface area contributed by atoms with Crippen LogP contribution in [-0.2, 0) is 14.8 Å². The molecule has 8 heteroatoms. The number of hydrogen-bond acceptors (Lipinski definition) is 4. The number of aliphatic carboxylic acids is 1. The fourth-order valence-electron chi connectivity index (χ4n) is 2.04. The minimum Gasteiger partial charge on any atom is -0.480 e. The molecule has 104 valence electrons. The first-order chi connectivity index (χ1) is 8.82. The molecule has 0 bridgehead atoms. The van der Waals surface area contributed by atoms with E-state index in [1.54, 1.807) is 12.1 Å². The zero-order chi connectivity index (χ0) is 14.2. The van der Waals surface area contributed by atoms with Crippen molar-refractivity contribution in [3.63, 3.8) is 0 Å². The van der Waals surface area contributed by atoms with E-state index in [-0.39, 0.29) is 17.9 Å². The Bertz CT molecular complexity index is 603. The lowest BCUT2D eigenvalue weighted by Crippen LogP contribution is -2.40. The van der Waals surface area contributed by atoms with Gasteiger partial charge in [-0.3, -0.25) is 4.79 Å². The van der Waals surface area contributed by atoms with Gasteiger partial charge in [0, 0.05) is 17.4 Å². The highest BCUT2D eigenvalue weighted by molar-refractivity contribution is 9.10. The van der Waals surface area contributed by atoms with Gasteiger partial charge in [-0.15, -0.1) is 0 Å². The smallest absolute Gasteiger partial charge is 0.322 e. The third-order valence-electron chi connectivity index (χ3n) is 2.92. The van der Waals surface area contributed by atoms with E-state index in [1.165, 1.54) is 12.1 Å². The van der Waals surface area contributed by atoms with E-state index in [2.05, 4.69) is 15.9 Å². The lowest BCUT2D eigenvalue weighted by atomic mass is 10.2. The lowest BCUT2D eigenvalue weighted by Gasteiger charge is -2.20. The first-order valence-corrected chi connectivity index (χ1v) is 7.74. The number of nitrogens with zero attached hydrogens (tertiary/aromatic N) is 1. The molecule has 2 N–H and O–H groups in total. The van der Waals surface area contributed by atoms with E-state index in [1.807, 2.05) is 0 Å². The molecule has 2 atom stereocenters. The summed E-state index contributed by atoms with van der Waals surface area (Å²) < 4.78 is 26.2. The first-order valence-electron chi connectivity index (χ1n) is 5.50. The predicted molar refractivity (Wildman–Crippen MR) is 70.1 cm³/mol. The molecule has 1 aliphatic rings. The minimum absolute atomic E-state index is 0.00206. The summed E-state index contributed by atoms with van der Waals surface area (Å²) in [4.78, 5) is 11.1. The SMILES string of the molecule is O=C(O)C1CC(O)CN1S(=O)(=O)c1cccc(Br)c1. The number of aliphatic hydroxyl groups is 1. The van der Waals surface area contributed by atoms with Gasteiger partial charge in [-0.1, -0.05) is 22.0 Å². The van der Waals surface area contributed by atoms with Gasteiger partial charge >= 0.3 is 5.97 Å². The molecule has 1 aromatic rings. The van der Waals surface area contributed by atoms with Gasteiger partial charge in [0.1, 0.15) is 6.04 Å². The molecule has 2 rings (SSSR count). The van der Waals surface area contributed by atoms with Gasteiger partial charge in [0.25, 0.3) is 0 Å². The number of halogens is 1. The minimum atomic E-state index is -3.93. The Morgan fingerprint density at radius 1 is 1.42 bits per heavy atom. The van der Waals surface area contributed by atoms with Crippen LogP contribution in [0.3, 0.4) is 0 Å². The van der Waals surface area contributed by atoms with Gasteiger partial charge < -0.3 is 10.2 Å². The summed E-state index contributed by atoms with van der Waals surface area (Å²) in [5.41, 5.74) is 0. The fourth-order valence-corrected chi connectivity index (χ4v) is 4.26. The van der Waals surface area contributed by atoms with Crippen molar-refractivity contribution in [3.8, 4) is 0 Å². The summed E-state index contributed by atoms with van der Waals surface area (Å²) in [6.07, 6.45) is -1.05. The molecule has 1 aromatic carbocycles. The van der Waals surface area contributed by atoms with E-state index in [0.717, 1.165) is 4.31 Å². The Morgan fingerprint density at radius 2 is 2.11 bits per heavy atom. The zero-order valence-electron chi connectivity index (χ0n) is 9.73. The van der Waals surface area contributed by atoms with Crippen molar-refractivity contribution >= 4 is 31.9 Å². The molecule has 1 saturated heterocycles. The van der Waals surface area contributed by atoms with Crippen molar-refractivity contribution in [2.75, 3.05) is 6.54 Å². The number of carboxylic acid groups (broad SMARTS) is 1. The maximum absolute atomic E-state index is 12.4. The van der Waals surface area contributed by atoms with E-state index in [9.17, 15) is 18.3 Å². The topological polar surface area (TPSA) is 94.9 Å². The Morgan fingerprint density at radius 3 is 2.68 bits per heavy atom. The Hall–Kier alpha value is -0.960. The highest BCUT2D eigenvalue weighted by atomic mass is 79.9. The molecule has 2 unspecified atom stereocenters. The summed E-state index contributed by atoms with van der Waals surface area (Å²) >= 11 is 3.17. The molecule has 1 aliphatic heterocycles. The van der Waals surface area contributed by atoms with Crippen LogP contribution in [0.2, 0.25) is 0 Å². The highest BCUT2D eigenvalue weighted by Crippen LogP contribution is 2.27. The van der Waals surface area contributed by atoms with Gasteiger partial charge in [0.2, 0.25) is 10.0 Å². The van der Waals surface area contributed by atoms with Crippen molar-refractivity contribution in [2.24, 2.45) is 0 Å². The highest BCUT2D eigenvalue weighted by Gasteiger charge is 2.43. The van der Waals surface area contributed by atoms with Gasteiger partial charge in [0.15, 0.2) is 0 Å². The molecule has 19 heavy (non-hydrogen) atoms. The van der Waals surface area contributed by atoms with Crippen molar-refractivity contribution in [2.45, 2.75) is 23.5 Å². The standard InChI is InChI=1S/C11H12BrNO5S/c12-7-2-1-3-9(4-7)19(17,18)13-6-8(14)5-10(13)11(15)16/h1-4,8,10,14H,5-6H2,(H,15,16). The molecule has 0 radical (unpaired) electrons.